The van der Waals surface area contributed by atoms with E-state index >= 15 is 0 Å². The molecule has 5 rings (SSSR count). The molecule has 1 aliphatic carbocycles. The maximum atomic E-state index is 12.8. The maximum absolute atomic E-state index is 12.8. The Hall–Kier alpha value is -3.08. The quantitative estimate of drug-likeness (QED) is 0.482. The van der Waals surface area contributed by atoms with Crippen molar-refractivity contribution < 1.29 is 32.2 Å². The van der Waals surface area contributed by atoms with Gasteiger partial charge in [0.25, 0.3) is 0 Å². The normalized spacial score (nSPS) is 23.2. The van der Waals surface area contributed by atoms with Gasteiger partial charge in [-0.15, -0.1) is 0 Å². The van der Waals surface area contributed by atoms with E-state index in [1.165, 1.54) is 25.6 Å². The molecule has 1 aromatic carbocycles. The summed E-state index contributed by atoms with van der Waals surface area (Å²) in [6.07, 6.45) is 5.62. The monoisotopic (exact) mass is 545 g/mol. The van der Waals surface area contributed by atoms with Gasteiger partial charge in [0.15, 0.2) is 21.3 Å². The van der Waals surface area contributed by atoms with E-state index in [2.05, 4.69) is 9.97 Å². The van der Waals surface area contributed by atoms with Crippen molar-refractivity contribution in [1.29, 1.82) is 0 Å². The van der Waals surface area contributed by atoms with Gasteiger partial charge < -0.3 is 23.8 Å². The molecule has 11 heteroatoms. The molecule has 3 heterocycles. The van der Waals surface area contributed by atoms with Crippen LogP contribution in [-0.4, -0.2) is 65.5 Å². The van der Waals surface area contributed by atoms with Gasteiger partial charge in [-0.2, -0.15) is 0 Å². The number of methoxy groups -OCH3 is 1. The predicted molar refractivity (Wildman–Crippen MR) is 139 cm³/mol. The Morgan fingerprint density at radius 3 is 2.26 bits per heavy atom. The van der Waals surface area contributed by atoms with Crippen molar-refractivity contribution in [2.45, 2.75) is 100 Å². The van der Waals surface area contributed by atoms with Crippen LogP contribution in [0.2, 0.25) is 0 Å². The van der Waals surface area contributed by atoms with Crippen LogP contribution in [-0.2, 0) is 14.6 Å². The summed E-state index contributed by atoms with van der Waals surface area (Å²) in [4.78, 5) is 23.5. The van der Waals surface area contributed by atoms with Crippen LogP contribution in [0.4, 0.5) is 4.79 Å². The third-order valence-electron chi connectivity index (χ3n) is 7.20. The van der Waals surface area contributed by atoms with Crippen LogP contribution < -0.4 is 14.2 Å². The fraction of sp³-hybridized carbons (Fsp3) is 0.593. The van der Waals surface area contributed by atoms with Crippen molar-refractivity contribution >= 4 is 15.9 Å². The molecular weight excluding hydrogens is 510 g/mol. The number of ether oxygens (including phenoxy) is 4. The molecule has 2 bridgehead atoms. The average Bonchev–Trinajstić information content (AvgIpc) is 3.66. The zero-order chi connectivity index (χ0) is 27.2. The van der Waals surface area contributed by atoms with Crippen LogP contribution in [0.5, 0.6) is 23.3 Å². The zero-order valence-corrected chi connectivity index (χ0v) is 23.3. The molecule has 2 aromatic rings. The largest absolute Gasteiger partial charge is 0.493 e. The van der Waals surface area contributed by atoms with Gasteiger partial charge in [-0.3, -0.25) is 0 Å². The van der Waals surface area contributed by atoms with Gasteiger partial charge in [-0.1, -0.05) is 0 Å². The lowest BCUT2D eigenvalue weighted by atomic mass is 10.00. The zero-order valence-electron chi connectivity index (χ0n) is 22.5. The fourth-order valence-electron chi connectivity index (χ4n) is 5.22. The number of nitrogens with zero attached hydrogens (tertiary/aromatic N) is 3. The SMILES string of the molecule is COc1cc(S(=O)(=O)C2CC2)ccc1Oc1ncnc(OC2CC3CCC(C2)N3C(=O)OC(C)(C)C)c1C. The van der Waals surface area contributed by atoms with E-state index in [9.17, 15) is 13.2 Å². The van der Waals surface area contributed by atoms with Crippen LogP contribution in [0.1, 0.15) is 64.9 Å². The molecule has 2 saturated heterocycles. The molecule has 1 saturated carbocycles. The molecular formula is C27H35N3O7S. The molecule has 0 radical (unpaired) electrons. The van der Waals surface area contributed by atoms with Crippen molar-refractivity contribution in [3.63, 3.8) is 0 Å². The van der Waals surface area contributed by atoms with E-state index < -0.39 is 15.4 Å². The molecule has 3 fully saturated rings. The van der Waals surface area contributed by atoms with Crippen molar-refractivity contribution in [1.82, 2.24) is 14.9 Å². The first-order valence-corrected chi connectivity index (χ1v) is 14.6. The van der Waals surface area contributed by atoms with Gasteiger partial charge in [0.05, 0.1) is 22.8 Å². The number of piperidine rings is 1. The van der Waals surface area contributed by atoms with E-state index in [-0.39, 0.29) is 34.4 Å². The van der Waals surface area contributed by atoms with Gasteiger partial charge in [0.1, 0.15) is 18.0 Å². The Balaban J connectivity index is 1.29. The van der Waals surface area contributed by atoms with Gasteiger partial charge in [-0.25, -0.2) is 23.2 Å². The predicted octanol–water partition coefficient (Wildman–Crippen LogP) is 4.83. The van der Waals surface area contributed by atoms with Gasteiger partial charge in [-0.05, 0) is 65.5 Å². The summed E-state index contributed by atoms with van der Waals surface area (Å²) < 4.78 is 48.7. The first-order chi connectivity index (χ1) is 18.0. The highest BCUT2D eigenvalue weighted by molar-refractivity contribution is 7.92. The highest BCUT2D eigenvalue weighted by Crippen LogP contribution is 2.41. The molecule has 0 spiro atoms. The lowest BCUT2D eigenvalue weighted by Gasteiger charge is -2.39. The van der Waals surface area contributed by atoms with E-state index in [1.54, 1.807) is 6.07 Å². The van der Waals surface area contributed by atoms with Crippen LogP contribution in [0.25, 0.3) is 0 Å². The number of hydrogen-bond acceptors (Lipinski definition) is 9. The van der Waals surface area contributed by atoms with Gasteiger partial charge in [0.2, 0.25) is 11.8 Å². The lowest BCUT2D eigenvalue weighted by Crippen LogP contribution is -2.50. The molecule has 1 aromatic heterocycles. The first kappa shape index (κ1) is 26.5. The first-order valence-electron chi connectivity index (χ1n) is 13.1. The summed E-state index contributed by atoms with van der Waals surface area (Å²) in [5, 5.41) is -0.311. The van der Waals surface area contributed by atoms with Crippen molar-refractivity contribution in [2.75, 3.05) is 7.11 Å². The topological polar surface area (TPSA) is 117 Å². The number of fused-ring (bicyclic) bond motifs is 2. The second-order valence-electron chi connectivity index (χ2n) is 11.3. The minimum Gasteiger partial charge on any atom is -0.493 e. The molecule has 10 nitrogen and oxygen atoms in total. The third-order valence-corrected chi connectivity index (χ3v) is 9.46. The second kappa shape index (κ2) is 9.91. The molecule has 2 atom stereocenters. The minimum atomic E-state index is -3.36. The van der Waals surface area contributed by atoms with Crippen molar-refractivity contribution in [3.05, 3.63) is 30.1 Å². The minimum absolute atomic E-state index is 0.0705. The summed E-state index contributed by atoms with van der Waals surface area (Å²) in [6, 6.07) is 4.75. The fourth-order valence-corrected chi connectivity index (χ4v) is 6.89. The smallest absolute Gasteiger partial charge is 0.410 e. The van der Waals surface area contributed by atoms with Crippen molar-refractivity contribution in [2.24, 2.45) is 0 Å². The van der Waals surface area contributed by atoms with Crippen LogP contribution in [0.3, 0.4) is 0 Å². The number of aromatic nitrogens is 2. The number of benzene rings is 1. The Labute approximate surface area is 223 Å². The maximum Gasteiger partial charge on any atom is 0.410 e. The molecule has 2 aliphatic heterocycles. The number of carbonyl (C=O) groups excluding carboxylic acids is 1. The lowest BCUT2D eigenvalue weighted by molar-refractivity contribution is -0.00773. The molecule has 206 valence electrons. The Morgan fingerprint density at radius 2 is 1.66 bits per heavy atom. The van der Waals surface area contributed by atoms with Crippen LogP contribution >= 0.6 is 0 Å². The Kier molecular flexibility index (Phi) is 6.91. The molecule has 3 aliphatic rings. The number of hydrogen-bond donors (Lipinski definition) is 0. The van der Waals surface area contributed by atoms with Crippen LogP contribution in [0, 0.1) is 6.92 Å². The standard InChI is InChI=1S/C27H35N3O7S/c1-16-24(35-19-12-17-6-7-18(13-19)30(17)26(31)37-27(2,3)4)28-15-29-25(16)36-22-11-10-21(14-23(22)34-5)38(32,33)20-8-9-20/h10-11,14-15,17-20H,6-9,12-13H2,1-5H3. The number of amides is 1. The van der Waals surface area contributed by atoms with E-state index in [1.807, 2.05) is 32.6 Å². The number of carbonyl (C=O) groups is 1. The number of sulfone groups is 1. The molecule has 2 unspecified atom stereocenters. The third kappa shape index (κ3) is 5.39. The van der Waals surface area contributed by atoms with E-state index in [4.69, 9.17) is 18.9 Å². The summed E-state index contributed by atoms with van der Waals surface area (Å²) in [7, 11) is -1.89. The average molecular weight is 546 g/mol. The molecule has 0 N–H and O–H groups in total. The highest BCUT2D eigenvalue weighted by Gasteiger charge is 2.46. The van der Waals surface area contributed by atoms with Gasteiger partial charge >= 0.3 is 6.09 Å². The van der Waals surface area contributed by atoms with Crippen LogP contribution in [0.15, 0.2) is 29.4 Å². The van der Waals surface area contributed by atoms with E-state index in [0.717, 1.165) is 12.8 Å². The van der Waals surface area contributed by atoms with Gasteiger partial charge in [0, 0.05) is 31.0 Å². The number of rotatable bonds is 7. The second-order valence-corrected chi connectivity index (χ2v) is 13.5. The summed E-state index contributed by atoms with van der Waals surface area (Å²) in [5.41, 5.74) is 0.0819. The molecule has 38 heavy (non-hydrogen) atoms. The Morgan fingerprint density at radius 1 is 1.00 bits per heavy atom. The Bertz CT molecular complexity index is 1310. The molecule has 1 amide bonds. The van der Waals surface area contributed by atoms with Crippen molar-refractivity contribution in [3.8, 4) is 23.3 Å². The highest BCUT2D eigenvalue weighted by atomic mass is 32.2. The summed E-state index contributed by atoms with van der Waals surface area (Å²) >= 11 is 0. The van der Waals surface area contributed by atoms with E-state index in [0.29, 0.717) is 54.5 Å². The summed E-state index contributed by atoms with van der Waals surface area (Å²) in [6.45, 7) is 7.44. The summed E-state index contributed by atoms with van der Waals surface area (Å²) in [5.74, 6) is 1.36.